The van der Waals surface area contributed by atoms with E-state index in [1.54, 1.807) is 0 Å². The van der Waals surface area contributed by atoms with Gasteiger partial charge in [-0.2, -0.15) is 0 Å². The van der Waals surface area contributed by atoms with Crippen LogP contribution in [0.4, 0.5) is 34.1 Å². The van der Waals surface area contributed by atoms with Crippen LogP contribution in [0.5, 0.6) is 0 Å². The van der Waals surface area contributed by atoms with Crippen LogP contribution in [0.25, 0.3) is 91.8 Å². The first kappa shape index (κ1) is 43.3. The highest BCUT2D eigenvalue weighted by molar-refractivity contribution is 7.26. The summed E-state index contributed by atoms with van der Waals surface area (Å²) in [6.45, 7) is 0. The molecule has 0 radical (unpaired) electrons. The molecule has 2 aromatic heterocycles. The Morgan fingerprint density at radius 3 is 1.46 bits per heavy atom. The molecule has 0 atom stereocenters. The van der Waals surface area contributed by atoms with E-state index in [0.717, 1.165) is 39.8 Å². The smallest absolute Gasteiger partial charge is 0.0661 e. The van der Waals surface area contributed by atoms with E-state index in [0.29, 0.717) is 0 Å². The highest BCUT2D eigenvalue weighted by Gasteiger charge is 2.25. The molecule has 74 heavy (non-hydrogen) atoms. The number of nitrogens with zero attached hydrogens (tertiary/aromatic N) is 3. The van der Waals surface area contributed by atoms with Gasteiger partial charge in [0, 0.05) is 60.1 Å². The quantitative estimate of drug-likeness (QED) is 0.135. The zero-order chi connectivity index (χ0) is 49.0. The third-order valence-corrected chi connectivity index (χ3v) is 15.8. The van der Waals surface area contributed by atoms with Gasteiger partial charge in [-0.1, -0.05) is 188 Å². The van der Waals surface area contributed by atoms with Crippen molar-refractivity contribution in [1.82, 2.24) is 4.57 Å². The van der Waals surface area contributed by atoms with Gasteiger partial charge in [-0.25, -0.2) is 0 Å². The summed E-state index contributed by atoms with van der Waals surface area (Å²) < 4.78 is 4.84. The second kappa shape index (κ2) is 18.3. The molecule has 0 aliphatic heterocycles. The summed E-state index contributed by atoms with van der Waals surface area (Å²) >= 11 is 1.87. The zero-order valence-electron chi connectivity index (χ0n) is 40.4. The fraction of sp³-hybridized carbons (Fsp3) is 0. The summed E-state index contributed by atoms with van der Waals surface area (Å²) in [5.74, 6) is 0. The Balaban J connectivity index is 1.02. The Morgan fingerprint density at radius 2 is 0.770 bits per heavy atom. The Labute approximate surface area is 434 Å². The lowest BCUT2D eigenvalue weighted by atomic mass is 9.96. The molecule has 0 saturated carbocycles. The van der Waals surface area contributed by atoms with Gasteiger partial charge in [0.05, 0.1) is 27.1 Å². The van der Waals surface area contributed by atoms with Crippen LogP contribution in [0.15, 0.2) is 285 Å². The molecule has 0 amide bonds. The molecular weight excluding hydrogens is 915 g/mol. The van der Waals surface area contributed by atoms with E-state index in [4.69, 9.17) is 0 Å². The number of benzene rings is 12. The molecule has 0 fully saturated rings. The topological polar surface area (TPSA) is 11.4 Å². The van der Waals surface area contributed by atoms with Crippen molar-refractivity contribution in [2.75, 3.05) is 9.80 Å². The maximum absolute atomic E-state index is 2.46. The van der Waals surface area contributed by atoms with Crippen molar-refractivity contribution in [1.29, 1.82) is 0 Å². The molecule has 14 rings (SSSR count). The predicted octanol–water partition coefficient (Wildman–Crippen LogP) is 20.2. The number of para-hydroxylation sites is 4. The van der Waals surface area contributed by atoms with Crippen molar-refractivity contribution in [3.63, 3.8) is 0 Å². The minimum Gasteiger partial charge on any atom is -0.310 e. The molecule has 0 aliphatic rings. The average molecular weight is 962 g/mol. The fourth-order valence-corrected chi connectivity index (χ4v) is 12.3. The van der Waals surface area contributed by atoms with Crippen molar-refractivity contribution in [2.45, 2.75) is 0 Å². The number of rotatable bonds is 10. The molecule has 4 heteroatoms. The molecule has 3 nitrogen and oxygen atoms in total. The van der Waals surface area contributed by atoms with E-state index in [2.05, 4.69) is 299 Å². The molecule has 2 heterocycles. The van der Waals surface area contributed by atoms with Crippen LogP contribution in [-0.2, 0) is 0 Å². The number of fused-ring (bicyclic) bond motifs is 7. The van der Waals surface area contributed by atoms with Gasteiger partial charge < -0.3 is 14.4 Å². The van der Waals surface area contributed by atoms with Crippen LogP contribution in [0.2, 0.25) is 0 Å². The van der Waals surface area contributed by atoms with Gasteiger partial charge in [-0.05, 0) is 136 Å². The largest absolute Gasteiger partial charge is 0.310 e. The first-order valence-corrected chi connectivity index (χ1v) is 26.1. The summed E-state index contributed by atoms with van der Waals surface area (Å²) in [4.78, 5) is 4.92. The number of aromatic nitrogens is 1. The van der Waals surface area contributed by atoms with E-state index in [9.17, 15) is 0 Å². The average Bonchev–Trinajstić information content (AvgIpc) is 4.04. The molecule has 0 saturated heterocycles. The molecule has 0 unspecified atom stereocenters. The summed E-state index contributed by atoms with van der Waals surface area (Å²) in [6, 6.07) is 104. The molecule has 12 aromatic carbocycles. The number of anilines is 6. The first-order valence-electron chi connectivity index (χ1n) is 25.2. The molecule has 14 aromatic rings. The van der Waals surface area contributed by atoms with Crippen LogP contribution in [0.3, 0.4) is 0 Å². The third kappa shape index (κ3) is 7.51. The van der Waals surface area contributed by atoms with Crippen LogP contribution in [-0.4, -0.2) is 4.57 Å². The van der Waals surface area contributed by atoms with Crippen LogP contribution < -0.4 is 9.80 Å². The summed E-state index contributed by atoms with van der Waals surface area (Å²) in [6.07, 6.45) is 0. The van der Waals surface area contributed by atoms with Crippen molar-refractivity contribution >= 4 is 98.2 Å². The Hall–Kier alpha value is -9.48. The minimum absolute atomic E-state index is 1.07. The SMILES string of the molecule is c1ccc(-c2ccc(N(c3ccccc3)c3cc(N(c4ccccc4)c4ccc(-c5ccccc5)c5ccccc45)cc4c3sc3ccc(-c5ccc6c(c5)c5ccccc5n6-c5ccccc5)cc34)cc2)cc1. The minimum atomic E-state index is 1.07. The van der Waals surface area contributed by atoms with Crippen LogP contribution in [0.1, 0.15) is 0 Å². The predicted molar refractivity (Wildman–Crippen MR) is 317 cm³/mol. The number of thiophene rings is 1. The van der Waals surface area contributed by atoms with E-state index in [1.165, 1.54) is 86.1 Å². The normalized spacial score (nSPS) is 11.5. The van der Waals surface area contributed by atoms with Crippen LogP contribution >= 0.6 is 11.3 Å². The van der Waals surface area contributed by atoms with E-state index in [-0.39, 0.29) is 0 Å². The van der Waals surface area contributed by atoms with Gasteiger partial charge in [-0.3, -0.25) is 0 Å². The number of hydrogen-bond acceptors (Lipinski definition) is 3. The van der Waals surface area contributed by atoms with Crippen molar-refractivity contribution in [3.8, 4) is 39.1 Å². The van der Waals surface area contributed by atoms with Crippen molar-refractivity contribution in [2.24, 2.45) is 0 Å². The first-order chi connectivity index (χ1) is 36.7. The molecule has 0 aliphatic carbocycles. The Bertz CT molecular complexity index is 4340. The van der Waals surface area contributed by atoms with E-state index < -0.39 is 0 Å². The van der Waals surface area contributed by atoms with Gasteiger partial charge in [0.25, 0.3) is 0 Å². The van der Waals surface area contributed by atoms with Crippen LogP contribution in [0, 0.1) is 0 Å². The number of hydrogen-bond donors (Lipinski definition) is 0. The highest BCUT2D eigenvalue weighted by Crippen LogP contribution is 2.51. The Morgan fingerprint density at radius 1 is 0.270 bits per heavy atom. The highest BCUT2D eigenvalue weighted by atomic mass is 32.1. The van der Waals surface area contributed by atoms with Gasteiger partial charge in [-0.15, -0.1) is 11.3 Å². The molecular formula is C70H47N3S. The maximum Gasteiger partial charge on any atom is 0.0661 e. The molecule has 0 bridgehead atoms. The fourth-order valence-electron chi connectivity index (χ4n) is 11.1. The second-order valence-electron chi connectivity index (χ2n) is 18.9. The van der Waals surface area contributed by atoms with E-state index >= 15 is 0 Å². The summed E-state index contributed by atoms with van der Waals surface area (Å²) in [5.41, 5.74) is 17.2. The lowest BCUT2D eigenvalue weighted by Gasteiger charge is -2.31. The zero-order valence-corrected chi connectivity index (χ0v) is 41.2. The molecule has 0 spiro atoms. The molecule has 0 N–H and O–H groups in total. The maximum atomic E-state index is 2.46. The van der Waals surface area contributed by atoms with Gasteiger partial charge >= 0.3 is 0 Å². The Kier molecular flexibility index (Phi) is 10.7. The lowest BCUT2D eigenvalue weighted by molar-refractivity contribution is 1.18. The lowest BCUT2D eigenvalue weighted by Crippen LogP contribution is -2.14. The van der Waals surface area contributed by atoms with Gasteiger partial charge in [0.15, 0.2) is 0 Å². The van der Waals surface area contributed by atoms with Gasteiger partial charge in [0.1, 0.15) is 0 Å². The second-order valence-corrected chi connectivity index (χ2v) is 19.9. The van der Waals surface area contributed by atoms with E-state index in [1.807, 2.05) is 11.3 Å². The molecule has 348 valence electrons. The van der Waals surface area contributed by atoms with Crippen molar-refractivity contribution < 1.29 is 0 Å². The summed E-state index contributed by atoms with van der Waals surface area (Å²) in [7, 11) is 0. The van der Waals surface area contributed by atoms with Gasteiger partial charge in [0.2, 0.25) is 0 Å². The van der Waals surface area contributed by atoms with Crippen molar-refractivity contribution in [3.05, 3.63) is 285 Å². The summed E-state index contributed by atoms with van der Waals surface area (Å²) in [5, 5.41) is 7.29. The standard InChI is InChI=1S/C70H47N3S/c1-6-20-48(21-7-1)49-34-38-56(39-35-49)71(53-24-10-3-11-25-53)68-47-57(72(54-26-12-4-13-27-54)66-42-40-58(50-22-8-2-9-23-50)59-30-16-17-31-60(59)66)46-64-63-45-52(37-43-69(63)74-70(64)68)51-36-41-67-62(44-51)61-32-18-19-33-65(61)73(67)55-28-14-5-15-29-55/h1-47H. The monoisotopic (exact) mass is 961 g/mol. The third-order valence-electron chi connectivity index (χ3n) is 14.5.